The third-order valence-corrected chi connectivity index (χ3v) is 2.76. The number of carbonyl (C=O) groups excluding carboxylic acids is 2. The van der Waals surface area contributed by atoms with E-state index >= 15 is 0 Å². The minimum absolute atomic E-state index is 0.0511. The molecule has 0 bridgehead atoms. The van der Waals surface area contributed by atoms with Crippen LogP contribution in [0.25, 0.3) is 0 Å². The van der Waals surface area contributed by atoms with Crippen LogP contribution in [-0.2, 0) is 4.79 Å². The minimum atomic E-state index is -0.578. The summed E-state index contributed by atoms with van der Waals surface area (Å²) < 4.78 is 0. The van der Waals surface area contributed by atoms with Gasteiger partial charge in [0.2, 0.25) is 5.91 Å². The van der Waals surface area contributed by atoms with Gasteiger partial charge in [-0.25, -0.2) is 0 Å². The second-order valence-corrected chi connectivity index (χ2v) is 4.90. The number of hydrogen-bond acceptors (Lipinski definition) is 5. The van der Waals surface area contributed by atoms with Crippen LogP contribution in [0.3, 0.4) is 0 Å². The molecule has 1 atom stereocenters. The molecule has 8 nitrogen and oxygen atoms in total. The van der Waals surface area contributed by atoms with E-state index in [2.05, 4.69) is 5.32 Å². The molecule has 0 spiro atoms. The Hall–Kier alpha value is -2.64. The number of nitro groups is 1. The van der Waals surface area contributed by atoms with Crippen molar-refractivity contribution in [2.45, 2.75) is 19.4 Å². The first-order valence-electron chi connectivity index (χ1n) is 6.27. The molecule has 1 unspecified atom stereocenters. The third-order valence-electron chi connectivity index (χ3n) is 2.76. The largest absolute Gasteiger partial charge is 0.377 e. The Labute approximate surface area is 122 Å². The highest BCUT2D eigenvalue weighted by molar-refractivity contribution is 5.95. The van der Waals surface area contributed by atoms with Crippen LogP contribution in [0.5, 0.6) is 0 Å². The summed E-state index contributed by atoms with van der Waals surface area (Å²) in [7, 11) is 3.13. The fourth-order valence-corrected chi connectivity index (χ4v) is 1.81. The van der Waals surface area contributed by atoms with Crippen LogP contribution in [0.15, 0.2) is 18.2 Å². The Balaban J connectivity index is 3.08. The van der Waals surface area contributed by atoms with E-state index in [0.29, 0.717) is 0 Å². The fraction of sp³-hybridized carbons (Fsp3) is 0.385. The molecule has 0 saturated heterocycles. The van der Waals surface area contributed by atoms with Gasteiger partial charge >= 0.3 is 0 Å². The molecule has 8 heteroatoms. The molecule has 0 aliphatic carbocycles. The molecule has 1 rings (SSSR count). The van der Waals surface area contributed by atoms with Crippen molar-refractivity contribution in [2.24, 2.45) is 5.73 Å². The number of primary amides is 1. The van der Waals surface area contributed by atoms with Gasteiger partial charge in [0.1, 0.15) is 5.69 Å². The summed E-state index contributed by atoms with van der Waals surface area (Å²) >= 11 is 0. The first-order chi connectivity index (χ1) is 9.72. The number of nitrogens with zero attached hydrogens (tertiary/aromatic N) is 2. The van der Waals surface area contributed by atoms with Crippen LogP contribution in [0.4, 0.5) is 11.4 Å². The molecule has 0 fully saturated rings. The summed E-state index contributed by atoms with van der Waals surface area (Å²) in [5.74, 6) is -0.827. The molecule has 1 aromatic carbocycles. The summed E-state index contributed by atoms with van der Waals surface area (Å²) in [6.07, 6.45) is 0.0511. The van der Waals surface area contributed by atoms with Gasteiger partial charge in [-0.3, -0.25) is 19.7 Å². The zero-order valence-corrected chi connectivity index (χ0v) is 12.1. The SMILES string of the molecule is CC(CC(N)=O)Nc1ccc(C(=O)N(C)C)cc1[N+](=O)[O-]. The molecule has 21 heavy (non-hydrogen) atoms. The second kappa shape index (κ2) is 6.69. The lowest BCUT2D eigenvalue weighted by Crippen LogP contribution is -2.25. The van der Waals surface area contributed by atoms with Crippen LogP contribution < -0.4 is 11.1 Å². The second-order valence-electron chi connectivity index (χ2n) is 4.90. The molecular formula is C13H18N4O4. The van der Waals surface area contributed by atoms with Crippen molar-refractivity contribution in [1.82, 2.24) is 4.90 Å². The van der Waals surface area contributed by atoms with E-state index in [4.69, 9.17) is 5.73 Å². The number of amides is 2. The van der Waals surface area contributed by atoms with E-state index in [1.165, 1.54) is 23.1 Å². The maximum Gasteiger partial charge on any atom is 0.293 e. The molecule has 3 N–H and O–H groups in total. The van der Waals surface area contributed by atoms with Gasteiger partial charge in [-0.15, -0.1) is 0 Å². The average molecular weight is 294 g/mol. The highest BCUT2D eigenvalue weighted by Gasteiger charge is 2.20. The van der Waals surface area contributed by atoms with E-state index < -0.39 is 10.8 Å². The molecule has 0 aliphatic rings. The molecule has 2 amide bonds. The zero-order chi connectivity index (χ0) is 16.2. The zero-order valence-electron chi connectivity index (χ0n) is 12.1. The van der Waals surface area contributed by atoms with Gasteiger partial charge in [0.25, 0.3) is 11.6 Å². The molecule has 114 valence electrons. The van der Waals surface area contributed by atoms with Crippen LogP contribution in [0.2, 0.25) is 0 Å². The van der Waals surface area contributed by atoms with Crippen molar-refractivity contribution in [2.75, 3.05) is 19.4 Å². The fourth-order valence-electron chi connectivity index (χ4n) is 1.81. The topological polar surface area (TPSA) is 119 Å². The van der Waals surface area contributed by atoms with Crippen LogP contribution >= 0.6 is 0 Å². The van der Waals surface area contributed by atoms with Crippen molar-refractivity contribution in [3.8, 4) is 0 Å². The smallest absolute Gasteiger partial charge is 0.293 e. The maximum atomic E-state index is 11.8. The summed E-state index contributed by atoms with van der Waals surface area (Å²) in [5, 5.41) is 14.0. The summed E-state index contributed by atoms with van der Waals surface area (Å²) in [5.41, 5.74) is 5.32. The molecule has 0 saturated carbocycles. The number of hydrogen-bond donors (Lipinski definition) is 2. The van der Waals surface area contributed by atoms with E-state index in [1.807, 2.05) is 0 Å². The van der Waals surface area contributed by atoms with Crippen LogP contribution in [0.1, 0.15) is 23.7 Å². The number of nitro benzene ring substituents is 1. The van der Waals surface area contributed by atoms with Gasteiger partial charge in [-0.05, 0) is 19.1 Å². The monoisotopic (exact) mass is 294 g/mol. The van der Waals surface area contributed by atoms with Crippen molar-refractivity contribution < 1.29 is 14.5 Å². The minimum Gasteiger partial charge on any atom is -0.377 e. The molecular weight excluding hydrogens is 276 g/mol. The van der Waals surface area contributed by atoms with Crippen molar-refractivity contribution in [3.05, 3.63) is 33.9 Å². The van der Waals surface area contributed by atoms with Crippen LogP contribution in [-0.4, -0.2) is 41.8 Å². The van der Waals surface area contributed by atoms with Gasteiger partial charge in [-0.2, -0.15) is 0 Å². The Morgan fingerprint density at radius 2 is 2.05 bits per heavy atom. The van der Waals surface area contributed by atoms with Crippen molar-refractivity contribution in [3.63, 3.8) is 0 Å². The van der Waals surface area contributed by atoms with E-state index in [0.717, 1.165) is 0 Å². The Morgan fingerprint density at radius 1 is 1.43 bits per heavy atom. The third kappa shape index (κ3) is 4.44. The lowest BCUT2D eigenvalue weighted by molar-refractivity contribution is -0.384. The molecule has 0 radical (unpaired) electrons. The summed E-state index contributed by atoms with van der Waals surface area (Å²) in [6.45, 7) is 1.69. The molecule has 0 aliphatic heterocycles. The number of benzene rings is 1. The van der Waals surface area contributed by atoms with Gasteiger partial charge < -0.3 is 16.0 Å². The number of carbonyl (C=O) groups is 2. The normalized spacial score (nSPS) is 11.6. The Bertz CT molecular complexity index is 571. The van der Waals surface area contributed by atoms with Gasteiger partial charge in [0, 0.05) is 38.2 Å². The number of anilines is 1. The van der Waals surface area contributed by atoms with Crippen LogP contribution in [0, 0.1) is 10.1 Å². The van der Waals surface area contributed by atoms with E-state index in [1.54, 1.807) is 21.0 Å². The van der Waals surface area contributed by atoms with Crippen molar-refractivity contribution >= 4 is 23.2 Å². The van der Waals surface area contributed by atoms with E-state index in [9.17, 15) is 19.7 Å². The van der Waals surface area contributed by atoms with Gasteiger partial charge in [0.05, 0.1) is 4.92 Å². The van der Waals surface area contributed by atoms with Gasteiger partial charge in [0.15, 0.2) is 0 Å². The molecule has 1 aromatic rings. The number of nitrogens with two attached hydrogens (primary N) is 1. The summed E-state index contributed by atoms with van der Waals surface area (Å²) in [4.78, 5) is 34.5. The first kappa shape index (κ1) is 16.4. The van der Waals surface area contributed by atoms with E-state index in [-0.39, 0.29) is 35.3 Å². The van der Waals surface area contributed by atoms with Crippen molar-refractivity contribution in [1.29, 1.82) is 0 Å². The molecule has 0 aromatic heterocycles. The maximum absolute atomic E-state index is 11.8. The standard InChI is InChI=1S/C13H18N4O4/c1-8(6-12(14)18)15-10-5-4-9(13(19)16(2)3)7-11(10)17(20)21/h4-5,7-8,15H,6H2,1-3H3,(H2,14,18). The average Bonchev–Trinajstić information content (AvgIpc) is 2.36. The predicted molar refractivity (Wildman–Crippen MR) is 78.0 cm³/mol. The first-order valence-corrected chi connectivity index (χ1v) is 6.27. The summed E-state index contributed by atoms with van der Waals surface area (Å²) in [6, 6.07) is 3.81. The number of nitrogens with one attached hydrogen (secondary N) is 1. The predicted octanol–water partition coefficient (Wildman–Crippen LogP) is 0.972. The quantitative estimate of drug-likeness (QED) is 0.598. The highest BCUT2D eigenvalue weighted by atomic mass is 16.6. The Morgan fingerprint density at radius 3 is 2.52 bits per heavy atom. The number of rotatable bonds is 6. The lowest BCUT2D eigenvalue weighted by Gasteiger charge is -2.15. The highest BCUT2D eigenvalue weighted by Crippen LogP contribution is 2.27. The van der Waals surface area contributed by atoms with Gasteiger partial charge in [-0.1, -0.05) is 0 Å². The lowest BCUT2D eigenvalue weighted by atomic mass is 10.1. The Kier molecular flexibility index (Phi) is 5.23. The molecule has 0 heterocycles.